The minimum absolute atomic E-state index is 0.0528. The molecule has 1 rings (SSSR count). The number of alkyl halides is 3. The number of benzene rings is 1. The van der Waals surface area contributed by atoms with Gasteiger partial charge in [-0.2, -0.15) is 13.2 Å². The Morgan fingerprint density at radius 1 is 1.32 bits per heavy atom. The summed E-state index contributed by atoms with van der Waals surface area (Å²) >= 11 is 0. The predicted molar refractivity (Wildman–Crippen MR) is 60.6 cm³/mol. The highest BCUT2D eigenvalue weighted by Crippen LogP contribution is 2.42. The number of rotatable bonds is 5. The average Bonchev–Trinajstić information content (AvgIpc) is 2.33. The van der Waals surface area contributed by atoms with Gasteiger partial charge >= 0.3 is 12.1 Å². The molecule has 0 aliphatic carbocycles. The van der Waals surface area contributed by atoms with E-state index in [1.54, 1.807) is 0 Å². The Hall–Kier alpha value is -1.92. The van der Waals surface area contributed by atoms with Gasteiger partial charge in [0, 0.05) is 11.6 Å². The lowest BCUT2D eigenvalue weighted by Crippen LogP contribution is -2.24. The van der Waals surface area contributed by atoms with Gasteiger partial charge in [-0.1, -0.05) is 6.07 Å². The number of carbonyl (C=O) groups is 1. The van der Waals surface area contributed by atoms with Crippen molar-refractivity contribution in [3.05, 3.63) is 23.8 Å². The number of hydrogen-bond acceptors (Lipinski definition) is 3. The van der Waals surface area contributed by atoms with Gasteiger partial charge in [0.1, 0.15) is 11.5 Å². The van der Waals surface area contributed by atoms with Gasteiger partial charge in [0.25, 0.3) is 0 Å². The van der Waals surface area contributed by atoms with E-state index in [4.69, 9.17) is 14.6 Å². The van der Waals surface area contributed by atoms with Gasteiger partial charge in [-0.3, -0.25) is 4.79 Å². The van der Waals surface area contributed by atoms with Crippen LogP contribution in [0.25, 0.3) is 0 Å². The fraction of sp³-hybridized carbons (Fsp3) is 0.417. The molecule has 19 heavy (non-hydrogen) atoms. The van der Waals surface area contributed by atoms with E-state index in [1.807, 2.05) is 0 Å². The quantitative estimate of drug-likeness (QED) is 0.899. The van der Waals surface area contributed by atoms with Crippen molar-refractivity contribution >= 4 is 5.97 Å². The number of carboxylic acids is 1. The van der Waals surface area contributed by atoms with Crippen LogP contribution < -0.4 is 9.47 Å². The molecule has 0 radical (unpaired) electrons. The van der Waals surface area contributed by atoms with Gasteiger partial charge in [-0.25, -0.2) is 0 Å². The lowest BCUT2D eigenvalue weighted by molar-refractivity contribution is -0.163. The summed E-state index contributed by atoms with van der Waals surface area (Å²) in [5.41, 5.74) is -0.224. The van der Waals surface area contributed by atoms with Gasteiger partial charge in [0.2, 0.25) is 0 Å². The van der Waals surface area contributed by atoms with Crippen LogP contribution in [0, 0.1) is 0 Å². The zero-order valence-electron chi connectivity index (χ0n) is 10.3. The zero-order valence-corrected chi connectivity index (χ0v) is 10.3. The molecule has 7 heteroatoms. The topological polar surface area (TPSA) is 55.8 Å². The molecule has 0 aromatic heterocycles. The molecule has 0 bridgehead atoms. The first-order valence-electron chi connectivity index (χ1n) is 5.30. The van der Waals surface area contributed by atoms with E-state index in [-0.39, 0.29) is 11.3 Å². The van der Waals surface area contributed by atoms with Gasteiger partial charge < -0.3 is 14.6 Å². The second kappa shape index (κ2) is 5.81. The van der Waals surface area contributed by atoms with Crippen LogP contribution in [-0.4, -0.2) is 31.5 Å². The third kappa shape index (κ3) is 3.77. The molecule has 1 aromatic rings. The molecule has 4 nitrogen and oxygen atoms in total. The average molecular weight is 278 g/mol. The Bertz CT molecular complexity index is 457. The van der Waals surface area contributed by atoms with Crippen LogP contribution in [0.5, 0.6) is 11.5 Å². The molecule has 0 heterocycles. The van der Waals surface area contributed by atoms with Crippen LogP contribution in [-0.2, 0) is 4.79 Å². The van der Waals surface area contributed by atoms with E-state index < -0.39 is 24.5 Å². The van der Waals surface area contributed by atoms with Crippen LogP contribution in [0.4, 0.5) is 13.2 Å². The molecule has 0 spiro atoms. The standard InChI is InChI=1S/C12H13F3O4/c1-18-7-3-4-8(10(5-7)19-2)9(6-11(16)17)12(13,14)15/h3-5,9H,6H2,1-2H3,(H,16,17)/t9-/m0/s1. The smallest absolute Gasteiger partial charge is 0.396 e. The molecule has 1 atom stereocenters. The second-order valence-corrected chi connectivity index (χ2v) is 3.80. The third-order valence-electron chi connectivity index (χ3n) is 2.59. The van der Waals surface area contributed by atoms with Gasteiger partial charge in [-0.15, -0.1) is 0 Å². The van der Waals surface area contributed by atoms with Crippen LogP contribution in [0.15, 0.2) is 18.2 Å². The summed E-state index contributed by atoms with van der Waals surface area (Å²) in [7, 11) is 2.58. The highest BCUT2D eigenvalue weighted by molar-refractivity contribution is 5.68. The molecule has 0 aliphatic heterocycles. The molecule has 0 saturated carbocycles. The summed E-state index contributed by atoms with van der Waals surface area (Å²) in [6.07, 6.45) is -5.72. The molecule has 1 N–H and O–H groups in total. The third-order valence-corrected chi connectivity index (χ3v) is 2.59. The van der Waals surface area contributed by atoms with Crippen molar-refractivity contribution in [2.45, 2.75) is 18.5 Å². The second-order valence-electron chi connectivity index (χ2n) is 3.80. The van der Waals surface area contributed by atoms with E-state index in [0.717, 1.165) is 0 Å². The lowest BCUT2D eigenvalue weighted by atomic mass is 9.94. The van der Waals surface area contributed by atoms with Gasteiger partial charge in [0.15, 0.2) is 0 Å². The highest BCUT2D eigenvalue weighted by atomic mass is 19.4. The van der Waals surface area contributed by atoms with Gasteiger partial charge in [-0.05, 0) is 6.07 Å². The first kappa shape index (κ1) is 15.1. The molecular formula is C12H13F3O4. The fourth-order valence-electron chi connectivity index (χ4n) is 1.68. The highest BCUT2D eigenvalue weighted by Gasteiger charge is 2.43. The molecule has 0 saturated heterocycles. The minimum Gasteiger partial charge on any atom is -0.497 e. The normalized spacial score (nSPS) is 12.9. The van der Waals surface area contributed by atoms with Crippen molar-refractivity contribution in [1.29, 1.82) is 0 Å². The van der Waals surface area contributed by atoms with E-state index in [1.165, 1.54) is 32.4 Å². The zero-order chi connectivity index (χ0) is 14.6. The Labute approximate surface area is 107 Å². The van der Waals surface area contributed by atoms with Crippen LogP contribution in [0.3, 0.4) is 0 Å². The fourth-order valence-corrected chi connectivity index (χ4v) is 1.68. The number of methoxy groups -OCH3 is 2. The van der Waals surface area contributed by atoms with Crippen molar-refractivity contribution in [2.75, 3.05) is 14.2 Å². The maximum Gasteiger partial charge on any atom is 0.396 e. The number of hydrogen-bond donors (Lipinski definition) is 1. The monoisotopic (exact) mass is 278 g/mol. The van der Waals surface area contributed by atoms with Crippen molar-refractivity contribution < 1.29 is 32.5 Å². The number of ether oxygens (including phenoxy) is 2. The summed E-state index contributed by atoms with van der Waals surface area (Å²) in [6, 6.07) is 3.78. The Balaban J connectivity index is 3.25. The summed E-state index contributed by atoms with van der Waals surface area (Å²) in [5, 5.41) is 8.61. The SMILES string of the molecule is COc1ccc([C@H](CC(=O)O)C(F)(F)F)c(OC)c1. The maximum atomic E-state index is 12.9. The minimum atomic E-state index is -4.67. The first-order valence-corrected chi connectivity index (χ1v) is 5.30. The Morgan fingerprint density at radius 3 is 2.37 bits per heavy atom. The van der Waals surface area contributed by atoms with Crippen LogP contribution in [0.1, 0.15) is 17.9 Å². The van der Waals surface area contributed by atoms with E-state index in [0.29, 0.717) is 5.75 Å². The van der Waals surface area contributed by atoms with Crippen LogP contribution in [0.2, 0.25) is 0 Å². The molecule has 0 amide bonds. The molecule has 1 aromatic carbocycles. The van der Waals surface area contributed by atoms with Crippen molar-refractivity contribution in [3.8, 4) is 11.5 Å². The molecular weight excluding hydrogens is 265 g/mol. The van der Waals surface area contributed by atoms with Crippen LogP contribution >= 0.6 is 0 Å². The number of carboxylic acid groups (broad SMARTS) is 1. The summed E-state index contributed by atoms with van der Waals surface area (Å²) in [4.78, 5) is 10.6. The summed E-state index contributed by atoms with van der Waals surface area (Å²) < 4.78 is 48.5. The Morgan fingerprint density at radius 2 is 1.95 bits per heavy atom. The number of aliphatic carboxylic acids is 1. The first-order chi connectivity index (χ1) is 8.79. The summed E-state index contributed by atoms with van der Waals surface area (Å²) in [6.45, 7) is 0. The largest absolute Gasteiger partial charge is 0.497 e. The van der Waals surface area contributed by atoms with Crippen molar-refractivity contribution in [2.24, 2.45) is 0 Å². The van der Waals surface area contributed by atoms with Crippen molar-refractivity contribution in [1.82, 2.24) is 0 Å². The lowest BCUT2D eigenvalue weighted by Gasteiger charge is -2.21. The molecule has 0 aliphatic rings. The maximum absolute atomic E-state index is 12.9. The predicted octanol–water partition coefficient (Wildman–Crippen LogP) is 2.82. The van der Waals surface area contributed by atoms with Gasteiger partial charge in [0.05, 0.1) is 26.6 Å². The summed E-state index contributed by atoms with van der Waals surface area (Å²) in [5.74, 6) is -3.37. The van der Waals surface area contributed by atoms with Crippen molar-refractivity contribution in [3.63, 3.8) is 0 Å². The molecule has 106 valence electrons. The van der Waals surface area contributed by atoms with E-state index in [9.17, 15) is 18.0 Å². The molecule has 0 fully saturated rings. The van der Waals surface area contributed by atoms with E-state index >= 15 is 0 Å². The molecule has 0 unspecified atom stereocenters. The number of halogens is 3. The van der Waals surface area contributed by atoms with E-state index in [2.05, 4.69) is 0 Å². The Kier molecular flexibility index (Phi) is 4.63.